The van der Waals surface area contributed by atoms with Gasteiger partial charge in [0.25, 0.3) is 5.56 Å². The van der Waals surface area contributed by atoms with Crippen LogP contribution in [0.2, 0.25) is 0 Å². The summed E-state index contributed by atoms with van der Waals surface area (Å²) < 4.78 is 17.8. The second kappa shape index (κ2) is 8.94. The van der Waals surface area contributed by atoms with Gasteiger partial charge < -0.3 is 19.1 Å². The van der Waals surface area contributed by atoms with Crippen LogP contribution in [0.3, 0.4) is 0 Å². The molecule has 3 aliphatic rings. The number of carbonyl (C=O) groups is 1. The summed E-state index contributed by atoms with van der Waals surface area (Å²) in [5, 5.41) is 4.61. The average molecular weight is 440 g/mol. The summed E-state index contributed by atoms with van der Waals surface area (Å²) in [6, 6.07) is 8.89. The molecule has 2 aliphatic heterocycles. The average Bonchev–Trinajstić information content (AvgIpc) is 3.49. The van der Waals surface area contributed by atoms with Crippen molar-refractivity contribution in [2.24, 2.45) is 5.92 Å². The van der Waals surface area contributed by atoms with E-state index in [-0.39, 0.29) is 36.3 Å². The molecule has 1 saturated carbocycles. The first-order valence-electron chi connectivity index (χ1n) is 11.4. The molecule has 32 heavy (non-hydrogen) atoms. The second-order valence-corrected chi connectivity index (χ2v) is 8.86. The summed E-state index contributed by atoms with van der Waals surface area (Å²) in [4.78, 5) is 27.8. The smallest absolute Gasteiger partial charge is 0.266 e. The molecule has 1 saturated heterocycles. The van der Waals surface area contributed by atoms with Gasteiger partial charge in [-0.15, -0.1) is 0 Å². The van der Waals surface area contributed by atoms with Crippen molar-refractivity contribution in [3.63, 3.8) is 0 Å². The van der Waals surface area contributed by atoms with Crippen molar-refractivity contribution in [3.8, 4) is 22.8 Å². The van der Waals surface area contributed by atoms with E-state index >= 15 is 0 Å². The first-order valence-corrected chi connectivity index (χ1v) is 11.4. The Hall–Kier alpha value is -2.87. The van der Waals surface area contributed by atoms with Gasteiger partial charge in [-0.1, -0.05) is 6.42 Å². The number of benzene rings is 1. The van der Waals surface area contributed by atoms with Gasteiger partial charge in [0.1, 0.15) is 0 Å². The monoisotopic (exact) mass is 439 g/mol. The predicted octanol–water partition coefficient (Wildman–Crippen LogP) is 2.84. The Labute approximate surface area is 187 Å². The zero-order valence-electron chi connectivity index (χ0n) is 18.4. The van der Waals surface area contributed by atoms with E-state index < -0.39 is 0 Å². The summed E-state index contributed by atoms with van der Waals surface area (Å²) in [7, 11) is 1.72. The molecule has 0 bridgehead atoms. The van der Waals surface area contributed by atoms with Gasteiger partial charge in [0.15, 0.2) is 11.5 Å². The zero-order valence-corrected chi connectivity index (χ0v) is 18.4. The maximum atomic E-state index is 13.3. The molecule has 0 N–H and O–H groups in total. The van der Waals surface area contributed by atoms with Crippen LogP contribution >= 0.6 is 0 Å². The van der Waals surface area contributed by atoms with Gasteiger partial charge in [0.2, 0.25) is 12.7 Å². The first kappa shape index (κ1) is 21.0. The number of ether oxygens (including phenoxy) is 3. The van der Waals surface area contributed by atoms with Crippen molar-refractivity contribution < 1.29 is 19.0 Å². The zero-order chi connectivity index (χ0) is 22.1. The highest BCUT2D eigenvalue weighted by molar-refractivity contribution is 5.79. The minimum Gasteiger partial charge on any atom is -0.454 e. The molecular formula is C24H29N3O5. The van der Waals surface area contributed by atoms with E-state index in [1.54, 1.807) is 19.2 Å². The van der Waals surface area contributed by atoms with Crippen LogP contribution in [0.1, 0.15) is 38.5 Å². The summed E-state index contributed by atoms with van der Waals surface area (Å²) in [6.07, 6.45) is 5.75. The highest BCUT2D eigenvalue weighted by atomic mass is 16.7. The molecule has 3 heterocycles. The van der Waals surface area contributed by atoms with Crippen LogP contribution in [0.25, 0.3) is 11.3 Å². The molecule has 2 aromatic rings. The molecule has 0 spiro atoms. The quantitative estimate of drug-likeness (QED) is 0.713. The third-order valence-corrected chi connectivity index (χ3v) is 6.89. The van der Waals surface area contributed by atoms with Crippen molar-refractivity contribution in [3.05, 3.63) is 40.7 Å². The van der Waals surface area contributed by atoms with Crippen molar-refractivity contribution in [2.75, 3.05) is 20.4 Å². The third kappa shape index (κ3) is 4.11. The molecule has 2 fully saturated rings. The standard InChI is InChI=1S/C24H29N3O5/c1-30-19-6-2-4-17(12-19)24(29)26-11-3-5-18(26)14-27-23(28)10-8-20(25-27)16-7-9-21-22(13-16)32-15-31-21/h7-10,13,17-19H,2-6,11-12,14-15H2,1H3/t17?,18-,19?/m0/s1. The Morgan fingerprint density at radius 1 is 1.12 bits per heavy atom. The van der Waals surface area contributed by atoms with E-state index in [4.69, 9.17) is 14.2 Å². The minimum atomic E-state index is -0.161. The minimum absolute atomic E-state index is 0.0115. The van der Waals surface area contributed by atoms with Crippen molar-refractivity contribution in [1.82, 2.24) is 14.7 Å². The molecule has 1 amide bonds. The molecule has 1 aliphatic carbocycles. The van der Waals surface area contributed by atoms with Gasteiger partial charge in [-0.2, -0.15) is 5.10 Å². The van der Waals surface area contributed by atoms with Gasteiger partial charge in [-0.3, -0.25) is 9.59 Å². The molecular weight excluding hydrogens is 410 g/mol. The molecule has 3 atom stereocenters. The van der Waals surface area contributed by atoms with Crippen LogP contribution in [-0.4, -0.2) is 53.2 Å². The first-order chi connectivity index (χ1) is 15.6. The normalized spacial score (nSPS) is 24.7. The summed E-state index contributed by atoms with van der Waals surface area (Å²) in [5.74, 6) is 1.60. The number of methoxy groups -OCH3 is 1. The number of amides is 1. The van der Waals surface area contributed by atoms with E-state index in [9.17, 15) is 9.59 Å². The number of hydrogen-bond donors (Lipinski definition) is 0. The maximum Gasteiger partial charge on any atom is 0.266 e. The van der Waals surface area contributed by atoms with Crippen molar-refractivity contribution in [1.29, 1.82) is 0 Å². The number of fused-ring (bicyclic) bond motifs is 1. The number of nitrogens with zero attached hydrogens (tertiary/aromatic N) is 3. The van der Waals surface area contributed by atoms with Gasteiger partial charge in [-0.05, 0) is 56.4 Å². The SMILES string of the molecule is COC1CCCC(C(=O)N2CCC[C@H]2Cn2nc(-c3ccc4c(c3)OCO4)ccc2=O)C1. The molecule has 8 nitrogen and oxygen atoms in total. The summed E-state index contributed by atoms with van der Waals surface area (Å²) >= 11 is 0. The third-order valence-electron chi connectivity index (χ3n) is 6.89. The van der Waals surface area contributed by atoms with Crippen LogP contribution in [-0.2, 0) is 16.1 Å². The Bertz CT molecular complexity index is 1050. The summed E-state index contributed by atoms with van der Waals surface area (Å²) in [6.45, 7) is 1.36. The molecule has 2 unspecified atom stereocenters. The lowest BCUT2D eigenvalue weighted by Crippen LogP contribution is -2.44. The van der Waals surface area contributed by atoms with E-state index in [2.05, 4.69) is 5.10 Å². The Kier molecular flexibility index (Phi) is 5.87. The van der Waals surface area contributed by atoms with E-state index in [1.165, 1.54) is 4.68 Å². The Morgan fingerprint density at radius 3 is 2.88 bits per heavy atom. The van der Waals surface area contributed by atoms with Crippen LogP contribution in [0.4, 0.5) is 0 Å². The molecule has 1 aromatic carbocycles. The van der Waals surface area contributed by atoms with Gasteiger partial charge in [-0.25, -0.2) is 4.68 Å². The van der Waals surface area contributed by atoms with Crippen LogP contribution < -0.4 is 15.0 Å². The lowest BCUT2D eigenvalue weighted by molar-refractivity contribution is -0.139. The van der Waals surface area contributed by atoms with Crippen LogP contribution in [0, 0.1) is 5.92 Å². The number of aromatic nitrogens is 2. The van der Waals surface area contributed by atoms with Crippen LogP contribution in [0.15, 0.2) is 35.1 Å². The molecule has 0 radical (unpaired) electrons. The number of carbonyl (C=O) groups excluding carboxylic acids is 1. The Balaban J connectivity index is 1.33. The summed E-state index contributed by atoms with van der Waals surface area (Å²) in [5.41, 5.74) is 1.38. The van der Waals surface area contributed by atoms with Gasteiger partial charge in [0.05, 0.1) is 24.4 Å². The van der Waals surface area contributed by atoms with Crippen LogP contribution in [0.5, 0.6) is 11.5 Å². The van der Waals surface area contributed by atoms with Crippen molar-refractivity contribution >= 4 is 5.91 Å². The maximum absolute atomic E-state index is 13.3. The largest absolute Gasteiger partial charge is 0.454 e. The topological polar surface area (TPSA) is 82.9 Å². The van der Waals surface area contributed by atoms with E-state index in [1.807, 2.05) is 23.1 Å². The second-order valence-electron chi connectivity index (χ2n) is 8.86. The van der Waals surface area contributed by atoms with Gasteiger partial charge >= 0.3 is 0 Å². The molecule has 1 aromatic heterocycles. The van der Waals surface area contributed by atoms with Crippen molar-refractivity contribution in [2.45, 2.75) is 57.2 Å². The number of hydrogen-bond acceptors (Lipinski definition) is 6. The fourth-order valence-electron chi connectivity index (χ4n) is 5.12. The van der Waals surface area contributed by atoms with E-state index in [0.717, 1.165) is 50.6 Å². The van der Waals surface area contributed by atoms with E-state index in [0.29, 0.717) is 23.7 Å². The molecule has 170 valence electrons. The number of rotatable bonds is 5. The fourth-order valence-corrected chi connectivity index (χ4v) is 5.12. The lowest BCUT2D eigenvalue weighted by atomic mass is 9.86. The molecule has 5 rings (SSSR count). The number of likely N-dealkylation sites (tertiary alicyclic amines) is 1. The highest BCUT2D eigenvalue weighted by Gasteiger charge is 2.36. The fraction of sp³-hybridized carbons (Fsp3) is 0.542. The Morgan fingerprint density at radius 2 is 2.00 bits per heavy atom. The predicted molar refractivity (Wildman–Crippen MR) is 118 cm³/mol. The lowest BCUT2D eigenvalue weighted by Gasteiger charge is -2.33. The van der Waals surface area contributed by atoms with Gasteiger partial charge in [0, 0.05) is 31.2 Å². The molecule has 8 heteroatoms. The highest BCUT2D eigenvalue weighted by Crippen LogP contribution is 2.35.